The van der Waals surface area contributed by atoms with Crippen molar-refractivity contribution in [3.8, 4) is 0 Å². The van der Waals surface area contributed by atoms with Gasteiger partial charge in [0.05, 0.1) is 6.54 Å². The quantitative estimate of drug-likeness (QED) is 0.663. The zero-order valence-electron chi connectivity index (χ0n) is 12.4. The van der Waals surface area contributed by atoms with E-state index in [1.807, 2.05) is 59.3 Å². The number of benzene rings is 3. The second-order valence-electron chi connectivity index (χ2n) is 5.57. The van der Waals surface area contributed by atoms with Crippen molar-refractivity contribution in [2.45, 2.75) is 6.54 Å². The molecule has 114 valence electrons. The molecule has 1 unspecified atom stereocenters. The van der Waals surface area contributed by atoms with E-state index in [4.69, 9.17) is 0 Å². The average Bonchev–Trinajstić information content (AvgIpc) is 2.91. The van der Waals surface area contributed by atoms with Gasteiger partial charge in [-0.2, -0.15) is 0 Å². The molecule has 0 spiro atoms. The van der Waals surface area contributed by atoms with Crippen LogP contribution < -0.4 is 15.3 Å². The normalized spacial score (nSPS) is 19.6. The van der Waals surface area contributed by atoms with Crippen LogP contribution in [-0.2, 0) is 11.1 Å². The predicted molar refractivity (Wildman–Crippen MR) is 92.3 cm³/mol. The summed E-state index contributed by atoms with van der Waals surface area (Å²) in [6.07, 6.45) is 0. The molecule has 0 saturated heterocycles. The molecule has 1 atom stereocenters. The van der Waals surface area contributed by atoms with Gasteiger partial charge in [-0.3, -0.25) is 4.57 Å². The van der Waals surface area contributed by atoms with E-state index in [9.17, 15) is 8.96 Å². The van der Waals surface area contributed by atoms with Gasteiger partial charge in [0.15, 0.2) is 0 Å². The molecular weight excluding hydrogens is 308 g/mol. The minimum Gasteiger partial charge on any atom is -0.311 e. The first-order valence-corrected chi connectivity index (χ1v) is 9.13. The molecule has 3 aromatic rings. The molecule has 23 heavy (non-hydrogen) atoms. The number of hydrogen-bond donors (Lipinski definition) is 0. The molecule has 0 fully saturated rings. The molecule has 0 saturated carbocycles. The Morgan fingerprint density at radius 1 is 0.826 bits per heavy atom. The van der Waals surface area contributed by atoms with Crippen LogP contribution in [0.2, 0.25) is 0 Å². The van der Waals surface area contributed by atoms with E-state index in [1.54, 1.807) is 12.1 Å². The van der Waals surface area contributed by atoms with E-state index < -0.39 is 7.29 Å². The van der Waals surface area contributed by atoms with Crippen molar-refractivity contribution >= 4 is 23.6 Å². The highest BCUT2D eigenvalue weighted by atomic mass is 31.2. The molecule has 0 amide bonds. The number of halogens is 1. The maximum absolute atomic E-state index is 14.1. The van der Waals surface area contributed by atoms with Gasteiger partial charge in [0, 0.05) is 16.3 Å². The first kappa shape index (κ1) is 14.2. The molecule has 0 bridgehead atoms. The molecule has 0 N–H and O–H groups in total. The Labute approximate surface area is 134 Å². The summed E-state index contributed by atoms with van der Waals surface area (Å²) < 4.78 is 29.3. The van der Waals surface area contributed by atoms with Gasteiger partial charge in [-0.05, 0) is 48.0 Å². The van der Waals surface area contributed by atoms with Crippen molar-refractivity contribution < 1.29 is 8.96 Å². The largest absolute Gasteiger partial charge is 0.311 e. The second kappa shape index (κ2) is 5.36. The molecule has 1 aliphatic heterocycles. The summed E-state index contributed by atoms with van der Waals surface area (Å²) in [4.78, 5) is 0. The topological polar surface area (TPSA) is 20.3 Å². The summed E-state index contributed by atoms with van der Waals surface area (Å²) in [7, 11) is -3.00. The Kier molecular flexibility index (Phi) is 3.32. The Bertz CT molecular complexity index is 893. The molecule has 2 nitrogen and oxygen atoms in total. The van der Waals surface area contributed by atoms with Crippen LogP contribution >= 0.6 is 7.29 Å². The lowest BCUT2D eigenvalue weighted by Crippen LogP contribution is -2.24. The highest BCUT2D eigenvalue weighted by Crippen LogP contribution is 2.55. The maximum atomic E-state index is 14.1. The Morgan fingerprint density at radius 3 is 2.22 bits per heavy atom. The fourth-order valence-electron chi connectivity index (χ4n) is 3.11. The van der Waals surface area contributed by atoms with E-state index in [2.05, 4.69) is 0 Å². The van der Waals surface area contributed by atoms with Crippen LogP contribution in [0, 0.1) is 5.82 Å². The highest BCUT2D eigenvalue weighted by molar-refractivity contribution is 7.80. The van der Waals surface area contributed by atoms with Crippen molar-refractivity contribution in [3.63, 3.8) is 0 Å². The van der Waals surface area contributed by atoms with Crippen LogP contribution in [0.25, 0.3) is 0 Å². The number of fused-ring (bicyclic) bond motifs is 1. The number of rotatable bonds is 2. The Morgan fingerprint density at radius 2 is 1.48 bits per heavy atom. The number of para-hydroxylation sites is 1. The minimum atomic E-state index is -3.00. The SMILES string of the molecule is O=P1(c2ccc(F)cc2)c2ccccc2CN1c1ccccc1. The van der Waals surface area contributed by atoms with Crippen molar-refractivity contribution in [3.05, 3.63) is 90.2 Å². The van der Waals surface area contributed by atoms with E-state index in [0.29, 0.717) is 11.8 Å². The van der Waals surface area contributed by atoms with Crippen molar-refractivity contribution in [1.82, 2.24) is 0 Å². The van der Waals surface area contributed by atoms with E-state index >= 15 is 0 Å². The van der Waals surface area contributed by atoms with Crippen LogP contribution in [-0.4, -0.2) is 0 Å². The van der Waals surface area contributed by atoms with Gasteiger partial charge in [-0.1, -0.05) is 36.4 Å². The lowest BCUT2D eigenvalue weighted by Gasteiger charge is -2.27. The molecule has 1 aliphatic rings. The van der Waals surface area contributed by atoms with Crippen LogP contribution in [0.3, 0.4) is 0 Å². The molecule has 3 aromatic carbocycles. The zero-order valence-corrected chi connectivity index (χ0v) is 13.3. The van der Waals surface area contributed by atoms with Gasteiger partial charge in [-0.25, -0.2) is 4.39 Å². The molecule has 4 heteroatoms. The summed E-state index contributed by atoms with van der Waals surface area (Å²) in [6.45, 7) is 0.592. The second-order valence-corrected chi connectivity index (χ2v) is 8.21. The standard InChI is InChI=1S/C19H15FNOP/c20-16-10-12-18(13-11-16)23(22)19-9-5-4-6-15(19)14-21(23)17-7-2-1-3-8-17/h1-13H,14H2. The number of hydrogen-bond acceptors (Lipinski definition) is 1. The molecule has 4 rings (SSSR count). The van der Waals surface area contributed by atoms with Crippen LogP contribution in [0.4, 0.5) is 10.1 Å². The highest BCUT2D eigenvalue weighted by Gasteiger charge is 2.42. The van der Waals surface area contributed by atoms with Crippen molar-refractivity contribution in [2.75, 3.05) is 4.67 Å². The first-order chi connectivity index (χ1) is 11.2. The van der Waals surface area contributed by atoms with E-state index in [0.717, 1.165) is 16.6 Å². The third kappa shape index (κ3) is 2.20. The van der Waals surface area contributed by atoms with Gasteiger partial charge in [0.1, 0.15) is 5.82 Å². The number of nitrogens with zero attached hydrogens (tertiary/aromatic N) is 1. The summed E-state index contributed by atoms with van der Waals surface area (Å²) in [5.74, 6) is -0.320. The minimum absolute atomic E-state index is 0.320. The summed E-state index contributed by atoms with van der Waals surface area (Å²) in [5.41, 5.74) is 1.97. The third-order valence-corrected chi connectivity index (χ3v) is 7.35. The van der Waals surface area contributed by atoms with Crippen LogP contribution in [0.15, 0.2) is 78.9 Å². The Balaban J connectivity index is 1.94. The summed E-state index contributed by atoms with van der Waals surface area (Å²) in [5, 5.41) is 1.50. The average molecular weight is 323 g/mol. The smallest absolute Gasteiger partial charge is 0.230 e. The molecule has 0 radical (unpaired) electrons. The fraction of sp³-hybridized carbons (Fsp3) is 0.0526. The fourth-order valence-corrected chi connectivity index (χ4v) is 6.11. The van der Waals surface area contributed by atoms with Crippen LogP contribution in [0.1, 0.15) is 5.56 Å². The van der Waals surface area contributed by atoms with Crippen molar-refractivity contribution in [1.29, 1.82) is 0 Å². The predicted octanol–water partition coefficient (Wildman–Crippen LogP) is 4.07. The molecule has 0 aromatic heterocycles. The molecule has 1 heterocycles. The van der Waals surface area contributed by atoms with Gasteiger partial charge in [-0.15, -0.1) is 0 Å². The van der Waals surface area contributed by atoms with Gasteiger partial charge in [0.2, 0.25) is 7.29 Å². The Hall–Kier alpha value is -2.38. The lowest BCUT2D eigenvalue weighted by atomic mass is 10.2. The summed E-state index contributed by atoms with van der Waals surface area (Å²) in [6, 6.07) is 23.5. The maximum Gasteiger partial charge on any atom is 0.230 e. The molecular formula is C19H15FNOP. The summed E-state index contributed by atoms with van der Waals surface area (Å²) >= 11 is 0. The van der Waals surface area contributed by atoms with Gasteiger partial charge >= 0.3 is 0 Å². The third-order valence-electron chi connectivity index (χ3n) is 4.21. The van der Waals surface area contributed by atoms with Crippen molar-refractivity contribution in [2.24, 2.45) is 0 Å². The lowest BCUT2D eigenvalue weighted by molar-refractivity contribution is 0.585. The van der Waals surface area contributed by atoms with Crippen LogP contribution in [0.5, 0.6) is 0 Å². The van der Waals surface area contributed by atoms with Gasteiger partial charge < -0.3 is 4.67 Å². The molecule has 0 aliphatic carbocycles. The van der Waals surface area contributed by atoms with E-state index in [-0.39, 0.29) is 5.82 Å². The number of anilines is 1. The van der Waals surface area contributed by atoms with Gasteiger partial charge in [0.25, 0.3) is 0 Å². The zero-order chi connectivity index (χ0) is 15.9. The first-order valence-electron chi connectivity index (χ1n) is 7.47. The monoisotopic (exact) mass is 323 g/mol. The van der Waals surface area contributed by atoms with E-state index in [1.165, 1.54) is 12.1 Å².